The molecule has 19 heavy (non-hydrogen) atoms. The number of hydrogen-bond acceptors (Lipinski definition) is 1. The van der Waals surface area contributed by atoms with Gasteiger partial charge in [0.1, 0.15) is 0 Å². The number of hydrogen-bond donors (Lipinski definition) is 1. The van der Waals surface area contributed by atoms with Gasteiger partial charge in [0.25, 0.3) is 6.43 Å². The second kappa shape index (κ2) is 6.62. The lowest BCUT2D eigenvalue weighted by molar-refractivity contribution is -0.267. The zero-order chi connectivity index (χ0) is 15.6. The number of alkyl halides is 9. The third-order valence-corrected chi connectivity index (χ3v) is 15.6. The van der Waals surface area contributed by atoms with E-state index in [1.807, 2.05) is 0 Å². The lowest BCUT2D eigenvalue weighted by atomic mass is 10.0. The van der Waals surface area contributed by atoms with Crippen LogP contribution in [0.4, 0.5) is 39.5 Å². The summed E-state index contributed by atoms with van der Waals surface area (Å²) < 4.78 is 114. The van der Waals surface area contributed by atoms with Crippen molar-refractivity contribution in [1.29, 1.82) is 0 Å². The molecule has 0 spiro atoms. The van der Waals surface area contributed by atoms with Crippen molar-refractivity contribution < 1.29 is 44.3 Å². The first-order valence-corrected chi connectivity index (χ1v) is 15.2. The Labute approximate surface area is 108 Å². The van der Waals surface area contributed by atoms with Crippen LogP contribution >= 0.6 is 0 Å². The van der Waals surface area contributed by atoms with Gasteiger partial charge in [-0.2, -0.15) is 17.6 Å². The first kappa shape index (κ1) is 19.0. The van der Waals surface area contributed by atoms with Gasteiger partial charge in [-0.05, 0) is 9.76 Å². The van der Waals surface area contributed by atoms with E-state index >= 15 is 0 Å². The van der Waals surface area contributed by atoms with Crippen molar-refractivity contribution in [2.45, 2.75) is 36.4 Å². The van der Waals surface area contributed by atoms with Crippen molar-refractivity contribution in [3.63, 3.8) is 0 Å². The van der Waals surface area contributed by atoms with Gasteiger partial charge in [0.2, 0.25) is 6.17 Å². The average Bonchev–Trinajstić information content (AvgIpc) is 2.34. The molecule has 0 aromatic carbocycles. The molecule has 0 aliphatic rings. The Morgan fingerprint density at radius 1 is 0.947 bits per heavy atom. The molecule has 13 heteroatoms. The van der Waals surface area contributed by atoms with Crippen LogP contribution in [0.1, 0.15) is 0 Å². The molecule has 0 radical (unpaired) electrons. The van der Waals surface area contributed by atoms with E-state index in [-0.39, 0.29) is 9.76 Å². The van der Waals surface area contributed by atoms with Crippen molar-refractivity contribution in [3.05, 3.63) is 0 Å². The quantitative estimate of drug-likeness (QED) is 0.493. The molecule has 0 bridgehead atoms. The Bertz CT molecular complexity index is 291. The van der Waals surface area contributed by atoms with E-state index in [1.54, 1.807) is 0 Å². The fourth-order valence-corrected chi connectivity index (χ4v) is 8.12. The lowest BCUT2D eigenvalue weighted by Gasteiger charge is -2.33. The fraction of sp³-hybridized carbons (Fsp3) is 1.00. The largest absolute Gasteiger partial charge is 0.435 e. The zero-order valence-corrected chi connectivity index (χ0v) is 14.0. The summed E-state index contributed by atoms with van der Waals surface area (Å²) in [5.74, 6) is -15.4. The van der Waals surface area contributed by atoms with Gasteiger partial charge in [-0.3, -0.25) is 0 Å². The Morgan fingerprint density at radius 2 is 1.37 bits per heavy atom. The highest BCUT2D eigenvalue weighted by Gasteiger charge is 2.69. The molecule has 0 heterocycles. The minimum absolute atomic E-state index is 0.176. The van der Waals surface area contributed by atoms with Crippen LogP contribution < -0.4 is 0 Å². The van der Waals surface area contributed by atoms with Gasteiger partial charge < -0.3 is 4.80 Å². The molecular weight excluding hydrogens is 343 g/mol. The third kappa shape index (κ3) is 3.75. The van der Waals surface area contributed by atoms with Crippen molar-refractivity contribution >= 4 is 26.9 Å². The average molecular weight is 354 g/mol. The van der Waals surface area contributed by atoms with Gasteiger partial charge in [-0.1, -0.05) is 0 Å². The predicted molar refractivity (Wildman–Crippen MR) is 58.4 cm³/mol. The Kier molecular flexibility index (Phi) is 6.62. The molecule has 0 saturated carbocycles. The highest BCUT2D eigenvalue weighted by atomic mass is 29.5. The topological polar surface area (TPSA) is 20.2 Å². The van der Waals surface area contributed by atoms with Crippen LogP contribution in [0, 0.1) is 0 Å². The van der Waals surface area contributed by atoms with Crippen LogP contribution in [0.25, 0.3) is 0 Å². The van der Waals surface area contributed by atoms with E-state index in [0.29, 0.717) is 0 Å². The van der Waals surface area contributed by atoms with Crippen molar-refractivity contribution in [1.82, 2.24) is 0 Å². The van der Waals surface area contributed by atoms with Crippen LogP contribution in [-0.4, -0.2) is 68.1 Å². The molecule has 0 saturated heterocycles. The third-order valence-electron chi connectivity index (χ3n) is 2.41. The lowest BCUT2D eigenvalue weighted by Crippen LogP contribution is -2.61. The molecule has 0 aromatic rings. The van der Waals surface area contributed by atoms with Crippen LogP contribution in [0.2, 0.25) is 0 Å². The molecule has 116 valence electrons. The molecule has 4 unspecified atom stereocenters. The molecule has 0 amide bonds. The second-order valence-corrected chi connectivity index (χ2v) is 18.6. The van der Waals surface area contributed by atoms with Crippen molar-refractivity contribution in [2.75, 3.05) is 0 Å². The van der Waals surface area contributed by atoms with E-state index in [4.69, 9.17) is 4.80 Å². The molecule has 1 nitrogen and oxygen atoms in total. The molecule has 0 aliphatic heterocycles. The normalized spacial score (nSPS) is 21.0. The molecule has 0 aliphatic carbocycles. The van der Waals surface area contributed by atoms with E-state index in [0.717, 1.165) is 0 Å². The highest BCUT2D eigenvalue weighted by Crippen LogP contribution is 2.44. The summed E-state index contributed by atoms with van der Waals surface area (Å²) in [4.78, 5) is 8.94. The molecule has 1 N–H and O–H groups in total. The van der Waals surface area contributed by atoms with Gasteiger partial charge in [0.15, 0.2) is 20.5 Å². The minimum atomic E-state index is -5.96. The maximum atomic E-state index is 13.1. The van der Waals surface area contributed by atoms with Crippen LogP contribution in [-0.2, 0) is 0 Å². The van der Waals surface area contributed by atoms with E-state index < -0.39 is 53.5 Å². The maximum Gasteiger partial charge on any atom is 0.346 e. The van der Waals surface area contributed by atoms with Gasteiger partial charge in [0, 0.05) is 8.55 Å². The summed E-state index contributed by atoms with van der Waals surface area (Å²) >= 11 is 0. The summed E-state index contributed by atoms with van der Waals surface area (Å²) in [6, 6.07) is 0. The van der Waals surface area contributed by atoms with Crippen molar-refractivity contribution in [2.24, 2.45) is 0 Å². The van der Waals surface area contributed by atoms with Crippen LogP contribution in [0.3, 0.4) is 0 Å². The van der Waals surface area contributed by atoms with Crippen LogP contribution in [0.15, 0.2) is 0 Å². The van der Waals surface area contributed by atoms with Gasteiger partial charge >= 0.3 is 11.8 Å². The minimum Gasteiger partial charge on any atom is -0.435 e. The van der Waals surface area contributed by atoms with Crippen LogP contribution in [0.5, 0.6) is 0 Å². The Hall–Kier alpha value is -0.0194. The molecular formula is C6H11F9OSi3. The van der Waals surface area contributed by atoms with Gasteiger partial charge in [-0.15, -0.1) is 0 Å². The highest BCUT2D eigenvalue weighted by molar-refractivity contribution is 7.29. The van der Waals surface area contributed by atoms with E-state index in [9.17, 15) is 39.5 Å². The Morgan fingerprint density at radius 3 is 1.68 bits per heavy atom. The molecule has 4 atom stereocenters. The van der Waals surface area contributed by atoms with E-state index in [1.165, 1.54) is 0 Å². The molecule has 0 fully saturated rings. The first-order valence-electron chi connectivity index (χ1n) is 5.05. The smallest absolute Gasteiger partial charge is 0.346 e. The summed E-state index contributed by atoms with van der Waals surface area (Å²) in [7, 11) is -5.22. The standard InChI is InChI=1S/C6H11F9OSi3/c7-1(3(9)10)2(8)5(12,13)6(14,15)4(11)19(16)18-17/h1-4,16,19H,18H2,17H3. The zero-order valence-electron chi connectivity index (χ0n) is 9.44. The monoisotopic (exact) mass is 354 g/mol. The fourth-order valence-electron chi connectivity index (χ4n) is 1.14. The predicted octanol–water partition coefficient (Wildman–Crippen LogP) is -0.262. The molecule has 0 aromatic heterocycles. The first-order chi connectivity index (χ1) is 8.41. The van der Waals surface area contributed by atoms with E-state index in [2.05, 4.69) is 0 Å². The summed E-state index contributed by atoms with van der Waals surface area (Å²) in [6.45, 7) is 0. The second-order valence-electron chi connectivity index (χ2n) is 3.80. The summed E-state index contributed by atoms with van der Waals surface area (Å²) in [5, 5.41) is 0. The maximum absolute atomic E-state index is 13.1. The number of rotatable bonds is 7. The van der Waals surface area contributed by atoms with Crippen molar-refractivity contribution in [3.8, 4) is 0 Å². The summed E-state index contributed by atoms with van der Waals surface area (Å²) in [5.41, 5.74) is 0. The SMILES string of the molecule is O[SiH]([SiH2][SiH3])C(F)C(F)(F)C(F)(F)C(F)C(F)C(F)F. The summed E-state index contributed by atoms with van der Waals surface area (Å²) in [6.07, 6.45) is -13.0. The van der Waals surface area contributed by atoms with Gasteiger partial charge in [-0.25, -0.2) is 22.0 Å². The molecule has 0 rings (SSSR count). The number of halogens is 9. The van der Waals surface area contributed by atoms with Gasteiger partial charge in [0.05, 0.1) is 0 Å². The Balaban J connectivity index is 5.26.